The topological polar surface area (TPSA) is 70.8 Å². The van der Waals surface area contributed by atoms with Gasteiger partial charge in [-0.2, -0.15) is 0 Å². The van der Waals surface area contributed by atoms with Crippen LogP contribution in [0.4, 0.5) is 0 Å². The summed E-state index contributed by atoms with van der Waals surface area (Å²) in [7, 11) is 1.73. The molecule has 1 heterocycles. The Morgan fingerprint density at radius 1 is 1.42 bits per heavy atom. The molecule has 0 bridgehead atoms. The highest BCUT2D eigenvalue weighted by molar-refractivity contribution is 5.80. The van der Waals surface area contributed by atoms with Gasteiger partial charge in [-0.05, 0) is 31.4 Å². The molecule has 0 aromatic carbocycles. The SMILES string of the molecule is CN(Cc1ccco1)C(=O)[C@@H]1CCC[C@@H](C(=O)O)C1. The van der Waals surface area contributed by atoms with Gasteiger partial charge in [-0.15, -0.1) is 0 Å². The van der Waals surface area contributed by atoms with Crippen molar-refractivity contribution in [1.82, 2.24) is 4.90 Å². The predicted molar refractivity (Wildman–Crippen MR) is 68.3 cm³/mol. The van der Waals surface area contributed by atoms with Crippen molar-refractivity contribution in [2.45, 2.75) is 32.2 Å². The number of furan rings is 1. The predicted octanol–water partition coefficient (Wildman–Crippen LogP) is 2.13. The molecule has 0 unspecified atom stereocenters. The lowest BCUT2D eigenvalue weighted by atomic mass is 9.81. The number of hydrogen-bond donors (Lipinski definition) is 1. The molecule has 1 aromatic rings. The Kier molecular flexibility index (Phi) is 4.24. The first-order valence-corrected chi connectivity index (χ1v) is 6.58. The van der Waals surface area contributed by atoms with Gasteiger partial charge in [-0.25, -0.2) is 0 Å². The molecular weight excluding hydrogens is 246 g/mol. The maximum absolute atomic E-state index is 12.3. The molecule has 19 heavy (non-hydrogen) atoms. The van der Waals surface area contributed by atoms with Gasteiger partial charge in [0.15, 0.2) is 0 Å². The van der Waals surface area contributed by atoms with Crippen LogP contribution in [0.1, 0.15) is 31.4 Å². The molecule has 0 saturated heterocycles. The maximum atomic E-state index is 12.3. The van der Waals surface area contributed by atoms with Crippen LogP contribution in [-0.2, 0) is 16.1 Å². The van der Waals surface area contributed by atoms with E-state index in [1.165, 1.54) is 0 Å². The van der Waals surface area contributed by atoms with Crippen LogP contribution in [0.3, 0.4) is 0 Å². The molecule has 2 rings (SSSR count). The largest absolute Gasteiger partial charge is 0.481 e. The van der Waals surface area contributed by atoms with Crippen LogP contribution in [0.25, 0.3) is 0 Å². The summed E-state index contributed by atoms with van der Waals surface area (Å²) in [5.74, 6) is -0.579. The first-order chi connectivity index (χ1) is 9.08. The normalized spacial score (nSPS) is 23.0. The van der Waals surface area contributed by atoms with E-state index < -0.39 is 5.97 Å². The fraction of sp³-hybridized carbons (Fsp3) is 0.571. The summed E-state index contributed by atoms with van der Waals surface area (Å²) in [4.78, 5) is 24.9. The van der Waals surface area contributed by atoms with Gasteiger partial charge in [-0.3, -0.25) is 9.59 Å². The Balaban J connectivity index is 1.93. The number of carboxylic acid groups (broad SMARTS) is 1. The van der Waals surface area contributed by atoms with Gasteiger partial charge in [0.25, 0.3) is 0 Å². The van der Waals surface area contributed by atoms with Crippen LogP contribution in [0.15, 0.2) is 22.8 Å². The molecule has 1 aliphatic carbocycles. The third-order valence-corrected chi connectivity index (χ3v) is 3.72. The number of rotatable bonds is 4. The zero-order valence-electron chi connectivity index (χ0n) is 11.0. The second-order valence-corrected chi connectivity index (χ2v) is 5.17. The summed E-state index contributed by atoms with van der Waals surface area (Å²) in [6.45, 7) is 0.431. The Hall–Kier alpha value is -1.78. The highest BCUT2D eigenvalue weighted by Gasteiger charge is 2.32. The molecule has 0 radical (unpaired) electrons. The fourth-order valence-corrected chi connectivity index (χ4v) is 2.66. The monoisotopic (exact) mass is 265 g/mol. The number of hydrogen-bond acceptors (Lipinski definition) is 3. The van der Waals surface area contributed by atoms with Crippen LogP contribution in [0, 0.1) is 11.8 Å². The molecule has 0 aliphatic heterocycles. The van der Waals surface area contributed by atoms with Gasteiger partial charge in [0.2, 0.25) is 5.91 Å². The summed E-state index contributed by atoms with van der Waals surface area (Å²) < 4.78 is 5.21. The third kappa shape index (κ3) is 3.36. The third-order valence-electron chi connectivity index (χ3n) is 3.72. The van der Waals surface area contributed by atoms with Crippen LogP contribution in [-0.4, -0.2) is 28.9 Å². The van der Waals surface area contributed by atoms with E-state index in [4.69, 9.17) is 9.52 Å². The van der Waals surface area contributed by atoms with Crippen LogP contribution < -0.4 is 0 Å². The molecule has 5 heteroatoms. The van der Waals surface area contributed by atoms with Crippen LogP contribution >= 0.6 is 0 Å². The van der Waals surface area contributed by atoms with E-state index in [9.17, 15) is 9.59 Å². The number of carbonyl (C=O) groups is 2. The number of carbonyl (C=O) groups excluding carboxylic acids is 1. The van der Waals surface area contributed by atoms with E-state index in [2.05, 4.69) is 0 Å². The maximum Gasteiger partial charge on any atom is 0.306 e. The lowest BCUT2D eigenvalue weighted by Crippen LogP contribution is -2.36. The first-order valence-electron chi connectivity index (χ1n) is 6.58. The molecule has 2 atom stereocenters. The van der Waals surface area contributed by atoms with Crippen molar-refractivity contribution in [2.24, 2.45) is 11.8 Å². The molecule has 5 nitrogen and oxygen atoms in total. The Morgan fingerprint density at radius 3 is 2.79 bits per heavy atom. The standard InChI is InChI=1S/C14H19NO4/c1-15(9-12-6-3-7-19-12)13(16)10-4-2-5-11(8-10)14(17)18/h3,6-7,10-11H,2,4-5,8-9H2,1H3,(H,17,18)/t10-,11-/m1/s1. The van der Waals surface area contributed by atoms with E-state index in [0.717, 1.165) is 18.6 Å². The van der Waals surface area contributed by atoms with E-state index in [1.54, 1.807) is 24.3 Å². The fourth-order valence-electron chi connectivity index (χ4n) is 2.66. The van der Waals surface area contributed by atoms with E-state index in [-0.39, 0.29) is 17.7 Å². The Morgan fingerprint density at radius 2 is 2.16 bits per heavy atom. The van der Waals surface area contributed by atoms with Gasteiger partial charge in [0, 0.05) is 13.0 Å². The van der Waals surface area contributed by atoms with Crippen molar-refractivity contribution in [2.75, 3.05) is 7.05 Å². The number of carboxylic acids is 1. The average molecular weight is 265 g/mol. The van der Waals surface area contributed by atoms with Crippen molar-refractivity contribution in [3.05, 3.63) is 24.2 Å². The molecule has 104 valence electrons. The number of amides is 1. The number of nitrogens with zero attached hydrogens (tertiary/aromatic N) is 1. The van der Waals surface area contributed by atoms with E-state index in [0.29, 0.717) is 19.4 Å². The molecule has 1 fully saturated rings. The van der Waals surface area contributed by atoms with Crippen molar-refractivity contribution in [1.29, 1.82) is 0 Å². The highest BCUT2D eigenvalue weighted by atomic mass is 16.4. The molecular formula is C14H19NO4. The summed E-state index contributed by atoms with van der Waals surface area (Å²) in [5, 5.41) is 9.04. The Labute approximate surface area is 112 Å². The quantitative estimate of drug-likeness (QED) is 0.905. The second-order valence-electron chi connectivity index (χ2n) is 5.17. The smallest absolute Gasteiger partial charge is 0.306 e. The second kappa shape index (κ2) is 5.91. The lowest BCUT2D eigenvalue weighted by molar-refractivity contribution is -0.145. The average Bonchev–Trinajstić information content (AvgIpc) is 2.90. The first kappa shape index (κ1) is 13.6. The minimum absolute atomic E-state index is 0.0161. The van der Waals surface area contributed by atoms with Crippen LogP contribution in [0.2, 0.25) is 0 Å². The minimum atomic E-state index is -0.786. The molecule has 1 N–H and O–H groups in total. The molecule has 0 spiro atoms. The van der Waals surface area contributed by atoms with E-state index in [1.807, 2.05) is 6.07 Å². The lowest BCUT2D eigenvalue weighted by Gasteiger charge is -2.29. The summed E-state index contributed by atoms with van der Waals surface area (Å²) >= 11 is 0. The van der Waals surface area contributed by atoms with Crippen molar-refractivity contribution >= 4 is 11.9 Å². The van der Waals surface area contributed by atoms with Crippen LogP contribution in [0.5, 0.6) is 0 Å². The van der Waals surface area contributed by atoms with E-state index >= 15 is 0 Å². The minimum Gasteiger partial charge on any atom is -0.481 e. The van der Waals surface area contributed by atoms with Gasteiger partial charge in [-0.1, -0.05) is 6.42 Å². The van der Waals surface area contributed by atoms with Gasteiger partial charge in [0.05, 0.1) is 18.7 Å². The van der Waals surface area contributed by atoms with Gasteiger partial charge >= 0.3 is 5.97 Å². The number of aliphatic carboxylic acids is 1. The summed E-state index contributed by atoms with van der Waals surface area (Å²) in [6.07, 6.45) is 4.31. The highest BCUT2D eigenvalue weighted by Crippen LogP contribution is 2.30. The molecule has 1 saturated carbocycles. The molecule has 1 aliphatic rings. The zero-order chi connectivity index (χ0) is 13.8. The summed E-state index contributed by atoms with van der Waals surface area (Å²) in [6, 6.07) is 3.61. The van der Waals surface area contributed by atoms with Gasteiger partial charge in [0.1, 0.15) is 5.76 Å². The molecule has 1 amide bonds. The van der Waals surface area contributed by atoms with Crippen molar-refractivity contribution in [3.8, 4) is 0 Å². The summed E-state index contributed by atoms with van der Waals surface area (Å²) in [5.41, 5.74) is 0. The molecule has 1 aromatic heterocycles. The van der Waals surface area contributed by atoms with Gasteiger partial charge < -0.3 is 14.4 Å². The zero-order valence-corrected chi connectivity index (χ0v) is 11.0. The van der Waals surface area contributed by atoms with Crippen molar-refractivity contribution in [3.63, 3.8) is 0 Å². The van der Waals surface area contributed by atoms with Crippen molar-refractivity contribution < 1.29 is 19.1 Å². The Bertz CT molecular complexity index is 440.